The lowest BCUT2D eigenvalue weighted by Gasteiger charge is -2.07. The fourth-order valence-corrected chi connectivity index (χ4v) is 2.46. The van der Waals surface area contributed by atoms with E-state index in [9.17, 15) is 22.8 Å². The van der Waals surface area contributed by atoms with Crippen LogP contribution < -0.4 is 15.6 Å². The molecule has 0 aliphatic rings. The Hall–Kier alpha value is -3.83. The van der Waals surface area contributed by atoms with Gasteiger partial charge < -0.3 is 4.74 Å². The average molecular weight is 408 g/mol. The molecule has 12 heteroatoms. The normalized spacial score (nSPS) is 11.2. The number of aryl methyl sites for hydroxylation is 1. The van der Waals surface area contributed by atoms with Gasteiger partial charge in [0.05, 0.1) is 18.4 Å². The van der Waals surface area contributed by atoms with E-state index in [-0.39, 0.29) is 5.69 Å². The lowest BCUT2D eigenvalue weighted by molar-refractivity contribution is -0.141. The lowest BCUT2D eigenvalue weighted by Crippen LogP contribution is -2.42. The van der Waals surface area contributed by atoms with Gasteiger partial charge in [-0.3, -0.25) is 30.2 Å². The highest BCUT2D eigenvalue weighted by Gasteiger charge is 2.39. The van der Waals surface area contributed by atoms with Crippen LogP contribution in [0, 0.1) is 0 Å². The van der Waals surface area contributed by atoms with Gasteiger partial charge in [-0.05, 0) is 30.3 Å². The number of amides is 2. The first-order valence-corrected chi connectivity index (χ1v) is 8.10. The lowest BCUT2D eigenvalue weighted by atomic mass is 10.1. The van der Waals surface area contributed by atoms with Crippen molar-refractivity contribution in [2.24, 2.45) is 7.05 Å². The third-order valence-corrected chi connectivity index (χ3v) is 3.84. The second-order valence-corrected chi connectivity index (χ2v) is 5.87. The third kappa shape index (κ3) is 4.36. The summed E-state index contributed by atoms with van der Waals surface area (Å²) in [6.45, 7) is 0. The van der Waals surface area contributed by atoms with Gasteiger partial charge >= 0.3 is 6.18 Å². The van der Waals surface area contributed by atoms with E-state index in [2.05, 4.69) is 15.3 Å². The van der Waals surface area contributed by atoms with E-state index in [0.29, 0.717) is 17.0 Å². The molecule has 0 atom stereocenters. The van der Waals surface area contributed by atoms with Crippen molar-refractivity contribution in [3.63, 3.8) is 0 Å². The number of aromatic nitrogens is 4. The molecule has 1 aromatic carbocycles. The minimum atomic E-state index is -4.81. The van der Waals surface area contributed by atoms with Gasteiger partial charge in [0.15, 0.2) is 5.69 Å². The molecule has 3 aromatic rings. The molecule has 0 bridgehead atoms. The van der Waals surface area contributed by atoms with Crippen molar-refractivity contribution in [3.05, 3.63) is 53.5 Å². The number of nitrogens with one attached hydrogen (secondary N) is 3. The Morgan fingerprint density at radius 3 is 2.41 bits per heavy atom. The molecule has 0 saturated carbocycles. The molecule has 0 saturated heterocycles. The number of methoxy groups -OCH3 is 1. The van der Waals surface area contributed by atoms with Crippen molar-refractivity contribution in [2.75, 3.05) is 7.11 Å². The first kappa shape index (κ1) is 19.9. The van der Waals surface area contributed by atoms with Gasteiger partial charge in [0.2, 0.25) is 0 Å². The van der Waals surface area contributed by atoms with Gasteiger partial charge in [0, 0.05) is 18.8 Å². The fourth-order valence-electron chi connectivity index (χ4n) is 2.46. The van der Waals surface area contributed by atoms with Gasteiger partial charge in [-0.25, -0.2) is 0 Å². The van der Waals surface area contributed by atoms with Crippen LogP contribution in [0.2, 0.25) is 0 Å². The van der Waals surface area contributed by atoms with Crippen molar-refractivity contribution in [1.82, 2.24) is 30.8 Å². The Labute approximate surface area is 161 Å². The maximum atomic E-state index is 12.9. The molecule has 0 radical (unpaired) electrons. The summed E-state index contributed by atoms with van der Waals surface area (Å²) in [6.07, 6.45) is -3.91. The Morgan fingerprint density at radius 2 is 1.79 bits per heavy atom. The summed E-state index contributed by atoms with van der Waals surface area (Å²) in [5, 5.41) is 9.72. The molecule has 0 aliphatic carbocycles. The van der Waals surface area contributed by atoms with Gasteiger partial charge in [-0.2, -0.15) is 23.4 Å². The molecular weight excluding hydrogens is 393 g/mol. The monoisotopic (exact) mass is 408 g/mol. The number of ether oxygens (including phenoxy) is 1. The number of hydrazine groups is 1. The molecular formula is C17H15F3N6O3. The van der Waals surface area contributed by atoms with Crippen LogP contribution in [0.4, 0.5) is 13.2 Å². The van der Waals surface area contributed by atoms with Crippen LogP contribution in [0.15, 0.2) is 36.5 Å². The highest BCUT2D eigenvalue weighted by Crippen LogP contribution is 2.30. The average Bonchev–Trinajstić information content (AvgIpc) is 3.33. The number of benzene rings is 1. The molecule has 2 heterocycles. The highest BCUT2D eigenvalue weighted by atomic mass is 19.4. The molecule has 2 aromatic heterocycles. The van der Waals surface area contributed by atoms with Crippen molar-refractivity contribution >= 4 is 11.8 Å². The molecule has 0 unspecified atom stereocenters. The number of halogens is 3. The second kappa shape index (κ2) is 7.66. The standard InChI is InChI=1S/C17H15F3N6O3/c1-26-8-11(14(25-26)17(18,19)20)15(27)23-24-16(28)13-7-12(21-22-13)9-3-5-10(29-2)6-4-9/h3-8H,1-2H3,(H,21,22)(H,23,27)(H,24,28). The van der Waals surface area contributed by atoms with E-state index >= 15 is 0 Å². The second-order valence-electron chi connectivity index (χ2n) is 5.87. The maximum Gasteiger partial charge on any atom is 0.435 e. The van der Waals surface area contributed by atoms with Gasteiger partial charge in [0.25, 0.3) is 11.8 Å². The number of alkyl halides is 3. The van der Waals surface area contributed by atoms with Crippen molar-refractivity contribution in [2.45, 2.75) is 6.18 Å². The zero-order valence-electron chi connectivity index (χ0n) is 15.2. The largest absolute Gasteiger partial charge is 0.497 e. The van der Waals surface area contributed by atoms with Crippen molar-refractivity contribution in [3.8, 4) is 17.0 Å². The Balaban J connectivity index is 1.67. The van der Waals surface area contributed by atoms with E-state index in [4.69, 9.17) is 4.74 Å². The molecule has 0 aliphatic heterocycles. The molecule has 152 valence electrons. The SMILES string of the molecule is COc1ccc(-c2cc(C(=O)NNC(=O)c3cn(C)nc3C(F)(F)F)[nH]n2)cc1. The van der Waals surface area contributed by atoms with E-state index in [1.165, 1.54) is 20.2 Å². The summed E-state index contributed by atoms with van der Waals surface area (Å²) in [5.41, 5.74) is 3.05. The van der Waals surface area contributed by atoms with E-state index < -0.39 is 29.2 Å². The van der Waals surface area contributed by atoms with E-state index in [0.717, 1.165) is 10.9 Å². The number of carbonyl (C=O) groups is 2. The quantitative estimate of drug-likeness (QED) is 0.571. The predicted octanol–water partition coefficient (Wildman–Crippen LogP) is 1.91. The molecule has 0 spiro atoms. The van der Waals surface area contributed by atoms with E-state index in [1.54, 1.807) is 24.3 Å². The smallest absolute Gasteiger partial charge is 0.435 e. The van der Waals surface area contributed by atoms with Crippen molar-refractivity contribution < 1.29 is 27.5 Å². The van der Waals surface area contributed by atoms with Crippen LogP contribution >= 0.6 is 0 Å². The van der Waals surface area contributed by atoms with Crippen LogP contribution in [0.1, 0.15) is 26.5 Å². The zero-order valence-corrected chi connectivity index (χ0v) is 15.2. The number of nitrogens with zero attached hydrogens (tertiary/aromatic N) is 3. The molecule has 9 nitrogen and oxygen atoms in total. The summed E-state index contributed by atoms with van der Waals surface area (Å²) in [4.78, 5) is 24.2. The Morgan fingerprint density at radius 1 is 1.14 bits per heavy atom. The van der Waals surface area contributed by atoms with Crippen LogP contribution in [-0.2, 0) is 13.2 Å². The van der Waals surface area contributed by atoms with Crippen LogP contribution in [-0.4, -0.2) is 38.9 Å². The molecule has 0 fully saturated rings. The molecule has 2 amide bonds. The number of H-pyrrole nitrogens is 1. The molecule has 3 rings (SSSR count). The number of hydrogen-bond acceptors (Lipinski definition) is 5. The Kier molecular flexibility index (Phi) is 5.26. The summed E-state index contributed by atoms with van der Waals surface area (Å²) >= 11 is 0. The van der Waals surface area contributed by atoms with Crippen LogP contribution in [0.5, 0.6) is 5.75 Å². The summed E-state index contributed by atoms with van der Waals surface area (Å²) in [6, 6.07) is 8.33. The summed E-state index contributed by atoms with van der Waals surface area (Å²) in [5.74, 6) is -1.30. The number of carbonyl (C=O) groups excluding carboxylic acids is 2. The maximum absolute atomic E-state index is 12.9. The highest BCUT2D eigenvalue weighted by molar-refractivity contribution is 5.99. The number of hydrogen-bond donors (Lipinski definition) is 3. The van der Waals surface area contributed by atoms with Crippen molar-refractivity contribution in [1.29, 1.82) is 0 Å². The third-order valence-electron chi connectivity index (χ3n) is 3.84. The van der Waals surface area contributed by atoms with E-state index in [1.807, 2.05) is 10.9 Å². The van der Waals surface area contributed by atoms with Crippen LogP contribution in [0.3, 0.4) is 0 Å². The van der Waals surface area contributed by atoms with Crippen LogP contribution in [0.25, 0.3) is 11.3 Å². The predicted molar refractivity (Wildman–Crippen MR) is 93.7 cm³/mol. The minimum absolute atomic E-state index is 0.00153. The molecule has 3 N–H and O–H groups in total. The van der Waals surface area contributed by atoms with Gasteiger partial charge in [-0.15, -0.1) is 0 Å². The topological polar surface area (TPSA) is 114 Å². The molecule has 29 heavy (non-hydrogen) atoms. The Bertz CT molecular complexity index is 1040. The summed E-state index contributed by atoms with van der Waals surface area (Å²) in [7, 11) is 2.78. The zero-order chi connectivity index (χ0) is 21.2. The van der Waals surface area contributed by atoms with Gasteiger partial charge in [0.1, 0.15) is 11.4 Å². The minimum Gasteiger partial charge on any atom is -0.497 e. The first-order valence-electron chi connectivity index (χ1n) is 8.10. The number of rotatable bonds is 4. The summed E-state index contributed by atoms with van der Waals surface area (Å²) < 4.78 is 44.7. The first-order chi connectivity index (χ1) is 13.7. The number of aromatic amines is 1. The van der Waals surface area contributed by atoms with Gasteiger partial charge in [-0.1, -0.05) is 0 Å². The fraction of sp³-hybridized carbons (Fsp3) is 0.176.